The van der Waals surface area contributed by atoms with E-state index in [-0.39, 0.29) is 22.7 Å². The fourth-order valence-corrected chi connectivity index (χ4v) is 12.9. The number of alkyl halides is 2. The van der Waals surface area contributed by atoms with Crippen LogP contribution in [-0.4, -0.2) is 102 Å². The number of benzene rings is 4. The van der Waals surface area contributed by atoms with Crippen molar-refractivity contribution in [2.24, 2.45) is 17.3 Å². The van der Waals surface area contributed by atoms with Crippen molar-refractivity contribution in [1.82, 2.24) is 14.5 Å². The van der Waals surface area contributed by atoms with Crippen LogP contribution in [0, 0.1) is 17.3 Å². The monoisotopic (exact) mass is 1010 g/mol. The number of sulfonamides is 1. The lowest BCUT2D eigenvalue weighted by Crippen LogP contribution is -2.47. The van der Waals surface area contributed by atoms with Gasteiger partial charge in [0, 0.05) is 72.2 Å². The highest BCUT2D eigenvalue weighted by Crippen LogP contribution is 2.43. The number of carbonyl (C=O) groups is 1. The quantitative estimate of drug-likeness (QED) is 0.0879. The van der Waals surface area contributed by atoms with E-state index < -0.39 is 41.3 Å². The third-order valence-corrected chi connectivity index (χ3v) is 17.7. The van der Waals surface area contributed by atoms with E-state index in [9.17, 15) is 30.4 Å². The molecule has 0 aromatic heterocycles. The first kappa shape index (κ1) is 51.8. The van der Waals surface area contributed by atoms with Crippen molar-refractivity contribution in [3.8, 4) is 0 Å². The predicted molar refractivity (Wildman–Crippen MR) is 273 cm³/mol. The van der Waals surface area contributed by atoms with E-state index >= 15 is 0 Å². The van der Waals surface area contributed by atoms with E-state index in [4.69, 9.17) is 11.6 Å². The van der Waals surface area contributed by atoms with Crippen LogP contribution < -0.4 is 14.9 Å². The number of rotatable bonds is 19. The number of nitrogens with zero attached hydrogens (tertiary/aromatic N) is 3. The molecule has 7 rings (SSSR count). The lowest BCUT2D eigenvalue weighted by molar-refractivity contribution is 0.0981. The summed E-state index contributed by atoms with van der Waals surface area (Å²) in [6.45, 7) is 15.9. The molecule has 16 heteroatoms. The minimum absolute atomic E-state index is 0.0687. The Morgan fingerprint density at radius 1 is 0.853 bits per heavy atom. The Morgan fingerprint density at radius 3 is 2.18 bits per heavy atom. The zero-order chi connectivity index (χ0) is 48.6. The van der Waals surface area contributed by atoms with Gasteiger partial charge in [-0.1, -0.05) is 75.2 Å². The molecule has 4 aromatic rings. The second kappa shape index (κ2) is 22.8. The number of hydrogen-bond acceptors (Lipinski definition) is 10. The average molecular weight is 1010 g/mol. The molecule has 4 aromatic carbocycles. The molecule has 2 saturated heterocycles. The summed E-state index contributed by atoms with van der Waals surface area (Å²) in [4.78, 5) is 20.0. The van der Waals surface area contributed by atoms with Gasteiger partial charge in [0.1, 0.15) is 0 Å². The molecule has 368 valence electrons. The van der Waals surface area contributed by atoms with Gasteiger partial charge in [-0.15, -0.1) is 11.8 Å². The van der Waals surface area contributed by atoms with Crippen LogP contribution in [0.2, 0.25) is 5.02 Å². The van der Waals surface area contributed by atoms with E-state index in [2.05, 4.69) is 59.8 Å². The van der Waals surface area contributed by atoms with Crippen LogP contribution >= 0.6 is 23.4 Å². The Morgan fingerprint density at radius 2 is 1.53 bits per heavy atom. The maximum Gasteiger partial charge on any atom is 0.341 e. The number of halogens is 3. The molecule has 0 unspecified atom stereocenters. The number of piperazine rings is 1. The maximum atomic E-state index is 14.3. The van der Waals surface area contributed by atoms with E-state index in [0.29, 0.717) is 30.1 Å². The van der Waals surface area contributed by atoms with E-state index in [1.165, 1.54) is 29.2 Å². The van der Waals surface area contributed by atoms with Gasteiger partial charge < -0.3 is 15.1 Å². The Bertz CT molecular complexity index is 2580. The Balaban J connectivity index is 0.999. The van der Waals surface area contributed by atoms with Crippen LogP contribution in [0.4, 0.5) is 20.2 Å². The van der Waals surface area contributed by atoms with Gasteiger partial charge in [-0.25, -0.2) is 21.6 Å². The fraction of sp³-hybridized carbons (Fsp3) is 0.481. The van der Waals surface area contributed by atoms with Crippen LogP contribution in [-0.2, 0) is 19.9 Å². The third kappa shape index (κ3) is 13.9. The topological polar surface area (TPSA) is 119 Å². The Hall–Kier alpha value is -3.99. The van der Waals surface area contributed by atoms with Crippen molar-refractivity contribution in [2.75, 3.05) is 68.3 Å². The molecule has 1 atom stereocenters. The van der Waals surface area contributed by atoms with Gasteiger partial charge in [0.2, 0.25) is 9.84 Å². The van der Waals surface area contributed by atoms with Gasteiger partial charge in [-0.05, 0) is 153 Å². The molecule has 0 saturated carbocycles. The lowest BCUT2D eigenvalue weighted by atomic mass is 9.73. The van der Waals surface area contributed by atoms with E-state index in [1.807, 2.05) is 47.2 Å². The maximum absolute atomic E-state index is 14.3. The zero-order valence-corrected chi connectivity index (χ0v) is 42.8. The van der Waals surface area contributed by atoms with Crippen LogP contribution in [0.5, 0.6) is 0 Å². The van der Waals surface area contributed by atoms with Crippen LogP contribution in [0.15, 0.2) is 117 Å². The number of amides is 1. The number of nitrogens with one attached hydrogen (secondary N) is 2. The fourth-order valence-electron chi connectivity index (χ4n) is 9.76. The van der Waals surface area contributed by atoms with Crippen molar-refractivity contribution in [1.29, 1.82) is 0 Å². The minimum Gasteiger partial charge on any atom is -0.380 e. The molecular weight excluding hydrogens is 944 g/mol. The molecule has 0 radical (unpaired) electrons. The molecule has 68 heavy (non-hydrogen) atoms. The van der Waals surface area contributed by atoms with Crippen LogP contribution in [0.1, 0.15) is 88.6 Å². The van der Waals surface area contributed by atoms with Gasteiger partial charge in [0.15, 0.2) is 0 Å². The minimum atomic E-state index is -5.29. The summed E-state index contributed by atoms with van der Waals surface area (Å²) >= 11 is 7.76. The van der Waals surface area contributed by atoms with E-state index in [1.54, 1.807) is 36.0 Å². The molecule has 10 nitrogen and oxygen atoms in total. The molecule has 3 aliphatic rings. The van der Waals surface area contributed by atoms with Gasteiger partial charge in [-0.2, -0.15) is 8.78 Å². The van der Waals surface area contributed by atoms with Gasteiger partial charge >= 0.3 is 5.76 Å². The number of anilines is 2. The number of carbonyl (C=O) groups excluding carboxylic acids is 1. The molecule has 2 heterocycles. The van der Waals surface area contributed by atoms with E-state index in [0.717, 1.165) is 106 Å². The van der Waals surface area contributed by atoms with Gasteiger partial charge in [0.05, 0.1) is 15.5 Å². The molecule has 2 N–H and O–H groups in total. The molecule has 0 bridgehead atoms. The number of sulfone groups is 1. The van der Waals surface area contributed by atoms with Crippen molar-refractivity contribution < 1.29 is 30.4 Å². The third-order valence-electron chi connectivity index (χ3n) is 13.5. The highest BCUT2D eigenvalue weighted by atomic mass is 35.5. The highest BCUT2D eigenvalue weighted by Gasteiger charge is 2.33. The second-order valence-corrected chi connectivity index (χ2v) is 24.9. The molecule has 1 amide bonds. The number of likely N-dealkylation sites (tertiary alicyclic amines) is 1. The van der Waals surface area contributed by atoms with Crippen LogP contribution in [0.3, 0.4) is 0 Å². The Kier molecular flexibility index (Phi) is 17.4. The summed E-state index contributed by atoms with van der Waals surface area (Å²) in [5.74, 6) is -2.92. The summed E-state index contributed by atoms with van der Waals surface area (Å²) < 4.78 is 84.4. The summed E-state index contributed by atoms with van der Waals surface area (Å²) in [5, 5.41) is 3.94. The van der Waals surface area contributed by atoms with Crippen LogP contribution in [0.25, 0.3) is 5.57 Å². The molecular formula is C52H66ClF2N5O5S3. The molecule has 1 aliphatic carbocycles. The summed E-state index contributed by atoms with van der Waals surface area (Å²) in [6.07, 6.45) is 7.20. The lowest BCUT2D eigenvalue weighted by Gasteiger charge is -2.39. The van der Waals surface area contributed by atoms with Crippen molar-refractivity contribution >= 4 is 66.1 Å². The van der Waals surface area contributed by atoms with Gasteiger partial charge in [0.25, 0.3) is 15.9 Å². The normalized spacial score (nSPS) is 18.3. The first-order chi connectivity index (χ1) is 32.3. The molecule has 2 fully saturated rings. The average Bonchev–Trinajstić information content (AvgIpc) is 3.31. The predicted octanol–water partition coefficient (Wildman–Crippen LogP) is 11.0. The number of piperidine rings is 1. The number of hydrogen-bond donors (Lipinski definition) is 2. The first-order valence-corrected chi connectivity index (χ1v) is 28.2. The first-order valence-electron chi connectivity index (χ1n) is 23.8. The summed E-state index contributed by atoms with van der Waals surface area (Å²) in [7, 11) is -9.98. The highest BCUT2D eigenvalue weighted by molar-refractivity contribution is 7.99. The number of allylic oxidation sites excluding steroid dienone is 1. The van der Waals surface area contributed by atoms with Crippen molar-refractivity contribution in [2.45, 2.75) is 99.1 Å². The SMILES string of the molecule is CC(C)CC1CCN(CC[C@H](CSc2ccccc2)Nc2ccc(S(=O)(=O)NC(=O)c3ccc(N4CCN(CC5=C(c6ccc(Cl)cc6)CCC(C)(C)C5)CC4)cc3)cc2S(=O)(=O)C(F)F)CC1. The van der Waals surface area contributed by atoms with Crippen molar-refractivity contribution in [3.05, 3.63) is 119 Å². The standard InChI is InChI=1S/C52H66ClF2N5O5S3/c1-37(2)32-38-21-25-58(26-22-38)27-23-43(36-66-45-8-6-5-7-9-45)56-48-19-18-46(33-49(48)67(62,63)51(54)55)68(64,65)57-50(61)40-12-16-44(17-13-40)60-30-28-59(29-31-60)35-41-34-52(3,4)24-20-47(41)39-10-14-42(53)15-11-39/h5-19,33,37-38,43,51,56H,20-32,34-36H2,1-4H3,(H,57,61)/t43-/m1/s1. The molecule has 2 aliphatic heterocycles. The smallest absolute Gasteiger partial charge is 0.341 e. The number of thioether (sulfide) groups is 1. The zero-order valence-electron chi connectivity index (χ0n) is 39.6. The summed E-state index contributed by atoms with van der Waals surface area (Å²) in [5.41, 5.74) is 5.18. The Labute approximate surface area is 412 Å². The second-order valence-electron chi connectivity index (χ2n) is 19.8. The van der Waals surface area contributed by atoms with Gasteiger partial charge in [-0.3, -0.25) is 9.69 Å². The van der Waals surface area contributed by atoms with Crippen molar-refractivity contribution in [3.63, 3.8) is 0 Å². The largest absolute Gasteiger partial charge is 0.380 e. The molecule has 0 spiro atoms. The summed E-state index contributed by atoms with van der Waals surface area (Å²) in [6, 6.07) is 27.2.